The van der Waals surface area contributed by atoms with Crippen LogP contribution < -0.4 is 5.32 Å². The van der Waals surface area contributed by atoms with Crippen LogP contribution >= 0.6 is 0 Å². The summed E-state index contributed by atoms with van der Waals surface area (Å²) < 4.78 is 4.57. The fourth-order valence-corrected chi connectivity index (χ4v) is 2.29. The van der Waals surface area contributed by atoms with Crippen LogP contribution in [0.5, 0.6) is 0 Å². The van der Waals surface area contributed by atoms with E-state index in [0.717, 1.165) is 31.4 Å². The summed E-state index contributed by atoms with van der Waals surface area (Å²) in [5.41, 5.74) is -0.278. The lowest BCUT2D eigenvalue weighted by atomic mass is 10.0. The molecule has 0 aliphatic rings. The normalized spacial score (nSPS) is 11.9. The molecule has 0 saturated carbocycles. The van der Waals surface area contributed by atoms with Gasteiger partial charge in [0.25, 0.3) is 11.6 Å². The number of carbonyl (C=O) groups excluding carboxylic acids is 2. The van der Waals surface area contributed by atoms with Gasteiger partial charge in [-0.25, -0.2) is 4.79 Å². The summed E-state index contributed by atoms with van der Waals surface area (Å²) in [5, 5.41) is 13.8. The molecule has 1 N–H and O–H groups in total. The number of carbonyl (C=O) groups is 2. The van der Waals surface area contributed by atoms with Gasteiger partial charge in [-0.05, 0) is 25.3 Å². The molecule has 7 nitrogen and oxygen atoms in total. The summed E-state index contributed by atoms with van der Waals surface area (Å²) >= 11 is 0. The summed E-state index contributed by atoms with van der Waals surface area (Å²) in [5.74, 6) is -0.564. The zero-order chi connectivity index (χ0) is 18.3. The van der Waals surface area contributed by atoms with Gasteiger partial charge in [0, 0.05) is 23.7 Å². The molecule has 0 saturated heterocycles. The molecule has 7 heteroatoms. The van der Waals surface area contributed by atoms with Crippen molar-refractivity contribution in [2.45, 2.75) is 46.1 Å². The Morgan fingerprint density at radius 3 is 2.33 bits per heavy atom. The first-order valence-corrected chi connectivity index (χ1v) is 7.93. The van der Waals surface area contributed by atoms with E-state index in [-0.39, 0.29) is 22.9 Å². The zero-order valence-electron chi connectivity index (χ0n) is 14.5. The number of nitro benzene ring substituents is 1. The van der Waals surface area contributed by atoms with E-state index in [2.05, 4.69) is 23.9 Å². The predicted octanol–water partition coefficient (Wildman–Crippen LogP) is 3.33. The number of nitro groups is 1. The third-order valence-corrected chi connectivity index (χ3v) is 3.61. The highest BCUT2D eigenvalue weighted by Crippen LogP contribution is 2.18. The Morgan fingerprint density at radius 2 is 1.79 bits per heavy atom. The molecule has 0 spiro atoms. The van der Waals surface area contributed by atoms with Gasteiger partial charge in [-0.1, -0.05) is 26.7 Å². The Hall–Kier alpha value is -2.44. The number of methoxy groups -OCH3 is 1. The number of non-ortho nitro benzene ring substituents is 1. The molecule has 0 aliphatic heterocycles. The van der Waals surface area contributed by atoms with Crippen molar-refractivity contribution in [3.05, 3.63) is 39.4 Å². The predicted molar refractivity (Wildman–Crippen MR) is 90.1 cm³/mol. The molecule has 0 aromatic heterocycles. The topological polar surface area (TPSA) is 98.5 Å². The molecule has 1 aromatic carbocycles. The van der Waals surface area contributed by atoms with Crippen LogP contribution in [0.1, 0.15) is 60.7 Å². The van der Waals surface area contributed by atoms with E-state index >= 15 is 0 Å². The molecule has 1 atom stereocenters. The van der Waals surface area contributed by atoms with E-state index in [1.807, 2.05) is 6.92 Å². The number of hydrogen-bond acceptors (Lipinski definition) is 5. The average molecular weight is 336 g/mol. The monoisotopic (exact) mass is 336 g/mol. The quantitative estimate of drug-likeness (QED) is 0.446. The highest BCUT2D eigenvalue weighted by atomic mass is 16.6. The van der Waals surface area contributed by atoms with Crippen molar-refractivity contribution < 1.29 is 19.2 Å². The molecular formula is C17H24N2O5. The maximum atomic E-state index is 12.3. The Kier molecular flexibility index (Phi) is 7.35. The zero-order valence-corrected chi connectivity index (χ0v) is 14.5. The lowest BCUT2D eigenvalue weighted by Gasteiger charge is -2.15. The van der Waals surface area contributed by atoms with Gasteiger partial charge in [-0.2, -0.15) is 0 Å². The van der Waals surface area contributed by atoms with Crippen LogP contribution in [0.3, 0.4) is 0 Å². The molecule has 0 heterocycles. The standard InChI is InChI=1S/C17H24N2O5/c1-11(2)6-5-7-12(3)18-16(20)13-8-14(17(21)24-4)10-15(9-13)19(22)23/h8-12H,5-7H2,1-4H3,(H,18,20). The van der Waals surface area contributed by atoms with Crippen LogP contribution in [0.25, 0.3) is 0 Å². The molecule has 0 bridgehead atoms. The molecule has 24 heavy (non-hydrogen) atoms. The first-order chi connectivity index (χ1) is 11.2. The first-order valence-electron chi connectivity index (χ1n) is 7.93. The van der Waals surface area contributed by atoms with Crippen molar-refractivity contribution in [3.8, 4) is 0 Å². The molecule has 132 valence electrons. The number of rotatable bonds is 8. The highest BCUT2D eigenvalue weighted by Gasteiger charge is 2.19. The number of hydrogen-bond donors (Lipinski definition) is 1. The van der Waals surface area contributed by atoms with Gasteiger partial charge in [0.1, 0.15) is 0 Å². The van der Waals surface area contributed by atoms with Crippen molar-refractivity contribution in [2.75, 3.05) is 7.11 Å². The molecular weight excluding hydrogens is 312 g/mol. The fourth-order valence-electron chi connectivity index (χ4n) is 2.29. The number of nitrogens with one attached hydrogen (secondary N) is 1. The van der Waals surface area contributed by atoms with E-state index in [1.165, 1.54) is 13.2 Å². The Bertz CT molecular complexity index is 613. The summed E-state index contributed by atoms with van der Waals surface area (Å²) in [6, 6.07) is 3.49. The summed E-state index contributed by atoms with van der Waals surface area (Å²) in [7, 11) is 1.18. The molecule has 1 aromatic rings. The smallest absolute Gasteiger partial charge is 0.338 e. The minimum absolute atomic E-state index is 0.0238. The molecule has 0 radical (unpaired) electrons. The van der Waals surface area contributed by atoms with Crippen LogP contribution in [-0.2, 0) is 4.74 Å². The van der Waals surface area contributed by atoms with Crippen LogP contribution in [0.2, 0.25) is 0 Å². The SMILES string of the molecule is COC(=O)c1cc(C(=O)NC(C)CCCC(C)C)cc([N+](=O)[O-])c1. The van der Waals surface area contributed by atoms with E-state index in [4.69, 9.17) is 0 Å². The van der Waals surface area contributed by atoms with Crippen molar-refractivity contribution in [1.29, 1.82) is 0 Å². The van der Waals surface area contributed by atoms with Crippen molar-refractivity contribution in [1.82, 2.24) is 5.32 Å². The van der Waals surface area contributed by atoms with Crippen LogP contribution in [0.15, 0.2) is 18.2 Å². The Labute approximate surface area is 141 Å². The van der Waals surface area contributed by atoms with Gasteiger partial charge in [-0.15, -0.1) is 0 Å². The van der Waals surface area contributed by atoms with Gasteiger partial charge in [0.2, 0.25) is 0 Å². The third-order valence-electron chi connectivity index (χ3n) is 3.61. The number of ether oxygens (including phenoxy) is 1. The van der Waals surface area contributed by atoms with Gasteiger partial charge < -0.3 is 10.1 Å². The summed E-state index contributed by atoms with van der Waals surface area (Å²) in [6.07, 6.45) is 2.88. The molecule has 0 fully saturated rings. The highest BCUT2D eigenvalue weighted by molar-refractivity contribution is 5.99. The summed E-state index contributed by atoms with van der Waals surface area (Å²) in [6.45, 7) is 6.16. The number of benzene rings is 1. The Balaban J connectivity index is 2.87. The minimum atomic E-state index is -0.724. The fraction of sp³-hybridized carbons (Fsp3) is 0.529. The van der Waals surface area contributed by atoms with E-state index in [0.29, 0.717) is 5.92 Å². The second-order valence-corrected chi connectivity index (χ2v) is 6.22. The molecule has 1 amide bonds. The molecule has 1 unspecified atom stereocenters. The van der Waals surface area contributed by atoms with Crippen molar-refractivity contribution >= 4 is 17.6 Å². The maximum absolute atomic E-state index is 12.3. The maximum Gasteiger partial charge on any atom is 0.338 e. The van der Waals surface area contributed by atoms with Crippen molar-refractivity contribution in [2.24, 2.45) is 5.92 Å². The number of amides is 1. The van der Waals surface area contributed by atoms with Gasteiger partial charge in [0.05, 0.1) is 17.6 Å². The van der Waals surface area contributed by atoms with Gasteiger partial charge in [-0.3, -0.25) is 14.9 Å². The van der Waals surface area contributed by atoms with E-state index in [9.17, 15) is 19.7 Å². The van der Waals surface area contributed by atoms with Crippen LogP contribution in [0.4, 0.5) is 5.69 Å². The molecule has 1 rings (SSSR count). The number of nitrogens with zero attached hydrogens (tertiary/aromatic N) is 1. The van der Waals surface area contributed by atoms with E-state index < -0.39 is 16.8 Å². The third kappa shape index (κ3) is 5.98. The van der Waals surface area contributed by atoms with Crippen molar-refractivity contribution in [3.63, 3.8) is 0 Å². The molecule has 0 aliphatic carbocycles. The van der Waals surface area contributed by atoms with Crippen LogP contribution in [0, 0.1) is 16.0 Å². The lowest BCUT2D eigenvalue weighted by molar-refractivity contribution is -0.384. The average Bonchev–Trinajstić information content (AvgIpc) is 2.53. The minimum Gasteiger partial charge on any atom is -0.465 e. The largest absolute Gasteiger partial charge is 0.465 e. The first kappa shape index (κ1) is 19.6. The van der Waals surface area contributed by atoms with Gasteiger partial charge >= 0.3 is 5.97 Å². The summed E-state index contributed by atoms with van der Waals surface area (Å²) in [4.78, 5) is 34.3. The van der Waals surface area contributed by atoms with Gasteiger partial charge in [0.15, 0.2) is 0 Å². The second-order valence-electron chi connectivity index (χ2n) is 6.22. The van der Waals surface area contributed by atoms with E-state index in [1.54, 1.807) is 0 Å². The second kappa shape index (κ2) is 9.00. The van der Waals surface area contributed by atoms with Crippen LogP contribution in [-0.4, -0.2) is 30.0 Å². The lowest BCUT2D eigenvalue weighted by Crippen LogP contribution is -2.32. The number of esters is 1. The Morgan fingerprint density at radius 1 is 1.17 bits per heavy atom.